The predicted molar refractivity (Wildman–Crippen MR) is 64.8 cm³/mol. The molecule has 1 aliphatic heterocycles. The molecule has 0 aromatic carbocycles. The van der Waals surface area contributed by atoms with Crippen molar-refractivity contribution < 1.29 is 9.59 Å². The average Bonchev–Trinajstić information content (AvgIpc) is 2.22. The van der Waals surface area contributed by atoms with E-state index in [0.717, 1.165) is 0 Å². The van der Waals surface area contributed by atoms with Crippen LogP contribution in [-0.4, -0.2) is 34.9 Å². The second-order valence-corrected chi connectivity index (χ2v) is 9.83. The van der Waals surface area contributed by atoms with Gasteiger partial charge < -0.3 is 0 Å². The maximum absolute atomic E-state index is 12.1. The van der Waals surface area contributed by atoms with Crippen LogP contribution in [0.2, 0.25) is 0 Å². The van der Waals surface area contributed by atoms with Gasteiger partial charge in [-0.2, -0.15) is 10.2 Å². The number of carbonyl (C=O) groups excluding carboxylic acids is 2. The Bertz CT molecular complexity index is 299. The van der Waals surface area contributed by atoms with Crippen LogP contribution in [0, 0.1) is 11.3 Å². The van der Waals surface area contributed by atoms with Crippen LogP contribution in [0.25, 0.3) is 0 Å². The summed E-state index contributed by atoms with van der Waals surface area (Å²) >= 11 is 0. The largest absolute Gasteiger partial charge is 0.274 e. The third-order valence-electron chi connectivity index (χ3n) is 2.70. The van der Waals surface area contributed by atoms with Crippen molar-refractivity contribution in [1.82, 2.24) is 4.31 Å². The molecule has 1 unspecified atom stereocenters. The summed E-state index contributed by atoms with van der Waals surface area (Å²) in [5.74, 6) is -0.117. The maximum atomic E-state index is 12.1. The predicted octanol–water partition coefficient (Wildman–Crippen LogP) is 2.02. The van der Waals surface area contributed by atoms with Gasteiger partial charge in [0.1, 0.15) is 0 Å². The highest BCUT2D eigenvalue weighted by Gasteiger charge is 2.47. The normalized spacial score (nSPS) is 24.9. The number of amides is 2. The van der Waals surface area contributed by atoms with Gasteiger partial charge in [-0.1, -0.05) is 20.8 Å². The molecule has 15 heavy (non-hydrogen) atoms. The van der Waals surface area contributed by atoms with Gasteiger partial charge in [0.15, 0.2) is 0 Å². The molecule has 1 aliphatic rings. The molecule has 88 valence electrons. The fraction of sp³-hybridized carbons (Fsp3) is 0.818. The lowest BCUT2D eigenvalue weighted by Crippen LogP contribution is -2.35. The Balaban J connectivity index is 3.00. The Labute approximate surface area is 93.7 Å². The topological polar surface area (TPSA) is 37.4 Å². The third kappa shape index (κ3) is 2.36. The number of carbonyl (C=O) groups is 2. The first-order valence-corrected chi connectivity index (χ1v) is 7.92. The lowest BCUT2D eigenvalue weighted by Gasteiger charge is -2.36. The highest BCUT2D eigenvalue weighted by molar-refractivity contribution is 8.30. The first-order valence-electron chi connectivity index (χ1n) is 5.10. The van der Waals surface area contributed by atoms with Crippen molar-refractivity contribution in [2.45, 2.75) is 27.2 Å². The number of hydrogen-bond acceptors (Lipinski definition) is 2. The summed E-state index contributed by atoms with van der Waals surface area (Å²) in [5, 5.41) is 0. The highest BCUT2D eigenvalue weighted by atomic mass is 32.3. The van der Waals surface area contributed by atoms with E-state index in [1.54, 1.807) is 0 Å². The van der Waals surface area contributed by atoms with Crippen LogP contribution in [0.5, 0.6) is 0 Å². The fourth-order valence-corrected chi connectivity index (χ4v) is 3.21. The standard InChI is InChI=1S/C11H21NO2S/c1-11(2,3)8-7-9(13)12(10(8)14)15(4,5)6/h8H,7H2,1-6H3. The van der Waals surface area contributed by atoms with Crippen LogP contribution in [-0.2, 0) is 9.59 Å². The Morgan fingerprint density at radius 3 is 1.87 bits per heavy atom. The monoisotopic (exact) mass is 231 g/mol. The van der Waals surface area contributed by atoms with Gasteiger partial charge in [0, 0.05) is 6.42 Å². The summed E-state index contributed by atoms with van der Waals surface area (Å²) in [6.07, 6.45) is 6.32. The first-order chi connectivity index (χ1) is 6.55. The van der Waals surface area contributed by atoms with E-state index >= 15 is 0 Å². The molecule has 0 N–H and O–H groups in total. The van der Waals surface area contributed by atoms with Crippen molar-refractivity contribution in [2.24, 2.45) is 11.3 Å². The van der Waals surface area contributed by atoms with Gasteiger partial charge in [-0.05, 0) is 24.2 Å². The molecule has 1 heterocycles. The molecule has 1 atom stereocenters. The molecule has 3 nitrogen and oxygen atoms in total. The maximum Gasteiger partial charge on any atom is 0.242 e. The molecule has 0 saturated carbocycles. The van der Waals surface area contributed by atoms with Gasteiger partial charge in [0.05, 0.1) is 5.92 Å². The Morgan fingerprint density at radius 1 is 1.20 bits per heavy atom. The molecule has 0 aliphatic carbocycles. The van der Waals surface area contributed by atoms with E-state index in [4.69, 9.17) is 0 Å². The summed E-state index contributed by atoms with van der Waals surface area (Å²) in [6, 6.07) is 0. The number of nitrogens with zero attached hydrogens (tertiary/aromatic N) is 1. The number of imide groups is 1. The fourth-order valence-electron chi connectivity index (χ4n) is 1.86. The highest BCUT2D eigenvalue weighted by Crippen LogP contribution is 2.48. The van der Waals surface area contributed by atoms with Crippen molar-refractivity contribution in [3.05, 3.63) is 0 Å². The minimum absolute atomic E-state index is 0.00225. The van der Waals surface area contributed by atoms with Gasteiger partial charge in [-0.3, -0.25) is 9.59 Å². The SMILES string of the molecule is CC(C)(C)C1CC(=O)N(S(C)(C)C)C1=O. The molecule has 1 saturated heterocycles. The van der Waals surface area contributed by atoms with Gasteiger partial charge in [0.25, 0.3) is 0 Å². The van der Waals surface area contributed by atoms with E-state index in [0.29, 0.717) is 6.42 Å². The molecule has 2 amide bonds. The van der Waals surface area contributed by atoms with Gasteiger partial charge in [0.2, 0.25) is 11.8 Å². The van der Waals surface area contributed by atoms with E-state index in [1.807, 2.05) is 39.5 Å². The summed E-state index contributed by atoms with van der Waals surface area (Å²) < 4.78 is 1.50. The van der Waals surface area contributed by atoms with Crippen LogP contribution < -0.4 is 0 Å². The smallest absolute Gasteiger partial charge is 0.242 e. The first kappa shape index (κ1) is 12.6. The molecule has 4 heteroatoms. The minimum Gasteiger partial charge on any atom is -0.274 e. The summed E-state index contributed by atoms with van der Waals surface area (Å²) in [7, 11) is -1.26. The van der Waals surface area contributed by atoms with Crippen molar-refractivity contribution in [3.63, 3.8) is 0 Å². The molecule has 0 radical (unpaired) electrons. The van der Waals surface area contributed by atoms with Crippen LogP contribution in [0.3, 0.4) is 0 Å². The lowest BCUT2D eigenvalue weighted by atomic mass is 9.80. The van der Waals surface area contributed by atoms with E-state index < -0.39 is 10.2 Å². The zero-order chi connectivity index (χ0) is 12.0. The third-order valence-corrected chi connectivity index (χ3v) is 4.18. The van der Waals surface area contributed by atoms with Crippen LogP contribution in [0.4, 0.5) is 0 Å². The van der Waals surface area contributed by atoms with Crippen molar-refractivity contribution in [1.29, 1.82) is 0 Å². The zero-order valence-corrected chi connectivity index (χ0v) is 11.3. The van der Waals surface area contributed by atoms with Crippen molar-refractivity contribution >= 4 is 22.0 Å². The summed E-state index contributed by atoms with van der Waals surface area (Å²) in [5.41, 5.74) is -0.119. The quantitative estimate of drug-likeness (QED) is 0.647. The lowest BCUT2D eigenvalue weighted by molar-refractivity contribution is -0.134. The van der Waals surface area contributed by atoms with E-state index in [2.05, 4.69) is 0 Å². The summed E-state index contributed by atoms with van der Waals surface area (Å²) in [6.45, 7) is 6.05. The van der Waals surface area contributed by atoms with Crippen LogP contribution >= 0.6 is 10.2 Å². The molecule has 1 rings (SSSR count). The molecule has 0 aromatic rings. The molecule has 0 bridgehead atoms. The Morgan fingerprint density at radius 2 is 1.67 bits per heavy atom. The van der Waals surface area contributed by atoms with Gasteiger partial charge in [-0.25, -0.2) is 4.31 Å². The number of hydrogen-bond donors (Lipinski definition) is 0. The second kappa shape index (κ2) is 3.51. The second-order valence-electron chi connectivity index (χ2n) is 5.92. The summed E-state index contributed by atoms with van der Waals surface area (Å²) in [4.78, 5) is 23.9. The van der Waals surface area contributed by atoms with E-state index in [9.17, 15) is 9.59 Å². The van der Waals surface area contributed by atoms with E-state index in [1.165, 1.54) is 4.31 Å². The van der Waals surface area contributed by atoms with Crippen LogP contribution in [0.15, 0.2) is 0 Å². The van der Waals surface area contributed by atoms with Gasteiger partial charge >= 0.3 is 0 Å². The van der Waals surface area contributed by atoms with Crippen molar-refractivity contribution in [2.75, 3.05) is 18.8 Å². The number of rotatable bonds is 1. The van der Waals surface area contributed by atoms with E-state index in [-0.39, 0.29) is 23.1 Å². The average molecular weight is 231 g/mol. The Kier molecular flexibility index (Phi) is 2.94. The minimum atomic E-state index is -1.26. The van der Waals surface area contributed by atoms with Crippen molar-refractivity contribution in [3.8, 4) is 0 Å². The zero-order valence-electron chi connectivity index (χ0n) is 10.5. The molecule has 0 spiro atoms. The van der Waals surface area contributed by atoms with Crippen LogP contribution in [0.1, 0.15) is 27.2 Å². The molecular formula is C11H21NO2S. The van der Waals surface area contributed by atoms with Gasteiger partial charge in [-0.15, -0.1) is 0 Å². The molecular weight excluding hydrogens is 210 g/mol. The molecule has 1 fully saturated rings. The Hall–Kier alpha value is -0.510. The molecule has 0 aromatic heterocycles.